The van der Waals surface area contributed by atoms with Crippen molar-refractivity contribution in [1.29, 1.82) is 0 Å². The van der Waals surface area contributed by atoms with Crippen molar-refractivity contribution >= 4 is 100 Å². The minimum atomic E-state index is 0.194. The molecule has 0 fully saturated rings. The molecule has 0 bridgehead atoms. The van der Waals surface area contributed by atoms with Crippen LogP contribution in [-0.2, 0) is 0 Å². The summed E-state index contributed by atoms with van der Waals surface area (Å²) in [6.07, 6.45) is 0. The van der Waals surface area contributed by atoms with Crippen LogP contribution in [0.15, 0.2) is 0 Å². The highest BCUT2D eigenvalue weighted by Crippen LogP contribution is 1.86. The van der Waals surface area contributed by atoms with Gasteiger partial charge in [-0.2, -0.15) is 0 Å². The highest BCUT2D eigenvalue weighted by Gasteiger charge is 1.41. The molecule has 0 aliphatic carbocycles. The first-order chi connectivity index (χ1) is 4.24. The molecule has 0 aliphatic rings. The molecule has 0 amide bonds. The Hall–Kier alpha value is 3.00. The second kappa shape index (κ2) is 30.6. The summed E-state index contributed by atoms with van der Waals surface area (Å²) in [6.45, 7) is 0. The summed E-state index contributed by atoms with van der Waals surface area (Å²) in [5, 5.41) is 0.194. The predicted octanol–water partition coefficient (Wildman–Crippen LogP) is 4.97. The van der Waals surface area contributed by atoms with E-state index >= 15 is 0 Å². The predicted molar refractivity (Wildman–Crippen MR) is 72.2 cm³/mol. The largest absolute Gasteiger partial charge is 0.109 e. The van der Waals surface area contributed by atoms with Gasteiger partial charge >= 0.3 is 0 Å². The third-order valence-corrected chi connectivity index (χ3v) is 0. The van der Waals surface area contributed by atoms with E-state index in [9.17, 15) is 0 Å². The van der Waals surface area contributed by atoms with Crippen LogP contribution in [0.25, 0.3) is 0 Å². The molecule has 0 heterocycles. The molecule has 0 nitrogen and oxygen atoms in total. The van der Waals surface area contributed by atoms with Gasteiger partial charge in [0.1, 0.15) is 0 Å². The molecule has 0 saturated carbocycles. The Kier molecular flexibility index (Phi) is 60.9. The third kappa shape index (κ3) is 99.0. The van der Waals surface area contributed by atoms with Crippen LogP contribution in [0.4, 0.5) is 0 Å². The van der Waals surface area contributed by atoms with E-state index in [-0.39, 0.29) is 5.34 Å². The van der Waals surface area contributed by atoms with Gasteiger partial charge in [-0.15, -0.1) is 23.2 Å². The number of hydrogen-bond donors (Lipinski definition) is 0. The molecule has 0 aromatic heterocycles. The van der Waals surface area contributed by atoms with Crippen LogP contribution in [0.2, 0.25) is 0 Å². The molecule has 6 heteroatoms. The summed E-state index contributed by atoms with van der Waals surface area (Å²) in [5.74, 6) is 0. The first-order valence-electron chi connectivity index (χ1n) is 1.60. The number of rotatable bonds is 0. The summed E-state index contributed by atoms with van der Waals surface area (Å²) >= 11 is 20.2. The van der Waals surface area contributed by atoms with Gasteiger partial charge in [0, 0.05) is 0 Å². The lowest BCUT2D eigenvalue weighted by atomic mass is 11.9. The van der Waals surface area contributed by atoms with Crippen molar-refractivity contribution < 1.29 is 0 Å². The normalized spacial score (nSPS) is 6.00. The molecule has 9 heavy (non-hydrogen) atoms. The molecular formula is C3H6Br2Cl2I2. The summed E-state index contributed by atoms with van der Waals surface area (Å²) in [6, 6.07) is 0. The highest BCUT2D eigenvalue weighted by atomic mass is 127. The zero-order valence-electron chi connectivity index (χ0n) is 4.39. The van der Waals surface area contributed by atoms with Crippen molar-refractivity contribution in [3.05, 3.63) is 0 Å². The summed E-state index contributed by atoms with van der Waals surface area (Å²) in [4.78, 5) is 0. The van der Waals surface area contributed by atoms with Gasteiger partial charge in [-0.05, 0) is 0 Å². The van der Waals surface area contributed by atoms with Gasteiger partial charge in [0.2, 0.25) is 0 Å². The van der Waals surface area contributed by atoms with Crippen molar-refractivity contribution in [1.82, 2.24) is 0 Å². The second-order valence-electron chi connectivity index (χ2n) is 0.303. The fourth-order valence-electron chi connectivity index (χ4n) is 0. The van der Waals surface area contributed by atoms with Gasteiger partial charge in [-0.1, -0.05) is 77.0 Å². The van der Waals surface area contributed by atoms with Gasteiger partial charge in [0.05, 0.1) is 12.0 Å². The lowest BCUT2D eigenvalue weighted by Crippen LogP contribution is -1.24. The lowest BCUT2D eigenvalue weighted by Gasteiger charge is -1.43. The maximum Gasteiger partial charge on any atom is 0.0967 e. The summed E-state index contributed by atoms with van der Waals surface area (Å²) in [5.41, 5.74) is 0. The Morgan fingerprint density at radius 2 is 1.11 bits per heavy atom. The van der Waals surface area contributed by atoms with E-state index in [1.165, 1.54) is 2.43 Å². The Bertz CT molecular complexity index is 22.5. The third-order valence-electron chi connectivity index (χ3n) is 0. The van der Waals surface area contributed by atoms with Crippen molar-refractivity contribution in [3.8, 4) is 0 Å². The fraction of sp³-hybridized carbons (Fsp3) is 1.00. The Balaban J connectivity index is -0.0000000600. The van der Waals surface area contributed by atoms with Gasteiger partial charge in [-0.3, -0.25) is 0 Å². The van der Waals surface area contributed by atoms with Gasteiger partial charge in [0.25, 0.3) is 0 Å². The molecule has 0 rings (SSSR count). The van der Waals surface area contributed by atoms with Crippen LogP contribution < -0.4 is 0 Å². The Morgan fingerprint density at radius 3 is 1.11 bits per heavy atom. The van der Waals surface area contributed by atoms with Crippen molar-refractivity contribution in [2.45, 2.75) is 0 Å². The highest BCUT2D eigenvalue weighted by molar-refractivity contribution is 14.2. The fourth-order valence-corrected chi connectivity index (χ4v) is 0. The van der Waals surface area contributed by atoms with Crippen molar-refractivity contribution in [3.63, 3.8) is 0 Å². The van der Waals surface area contributed by atoms with Crippen LogP contribution in [0, 0.1) is 0 Å². The summed E-state index contributed by atoms with van der Waals surface area (Å²) < 4.78 is 2.06. The van der Waals surface area contributed by atoms with Crippen LogP contribution >= 0.6 is 100 Å². The SMILES string of the molecule is BrCBr.ClCCl.ICI. The van der Waals surface area contributed by atoms with E-state index in [4.69, 9.17) is 23.2 Å². The molecule has 0 unspecified atom stereocenters. The molecule has 0 aliphatic heterocycles. The molecular weight excluding hydrogens is 521 g/mol. The smallest absolute Gasteiger partial charge is 0.0967 e. The van der Waals surface area contributed by atoms with Crippen LogP contribution in [0.3, 0.4) is 0 Å². The lowest BCUT2D eigenvalue weighted by molar-refractivity contribution is 2.20. The maximum absolute atomic E-state index is 4.76. The first kappa shape index (κ1) is 17.9. The van der Waals surface area contributed by atoms with Gasteiger partial charge < -0.3 is 0 Å². The number of alkyl halides is 6. The molecule has 0 radical (unpaired) electrons. The van der Waals surface area contributed by atoms with Crippen molar-refractivity contribution in [2.24, 2.45) is 0 Å². The minimum Gasteiger partial charge on any atom is -0.109 e. The van der Waals surface area contributed by atoms with E-state index in [1.54, 1.807) is 0 Å². The zero-order chi connectivity index (χ0) is 8.12. The molecule has 0 atom stereocenters. The van der Waals surface area contributed by atoms with Gasteiger partial charge in [0.15, 0.2) is 0 Å². The van der Waals surface area contributed by atoms with Crippen LogP contribution in [0.5, 0.6) is 0 Å². The standard InChI is InChI=1S/CH2Br2.CH2Cl2.CH2I2/c3*2-1-3/h3*1H2. The molecule has 0 aromatic rings. The average molecular weight is 527 g/mol. The molecule has 0 spiro atoms. The number of hydrogen-bond acceptors (Lipinski definition) is 0. The molecule has 0 aromatic carbocycles. The van der Waals surface area contributed by atoms with E-state index in [0.717, 1.165) is 4.24 Å². The first-order valence-corrected chi connectivity index (χ1v) is 7.97. The summed E-state index contributed by atoms with van der Waals surface area (Å²) in [7, 11) is 0. The number of halogens is 6. The van der Waals surface area contributed by atoms with E-state index in [1.807, 2.05) is 0 Å². The van der Waals surface area contributed by atoms with E-state index < -0.39 is 0 Å². The van der Waals surface area contributed by atoms with Crippen LogP contribution in [0.1, 0.15) is 0 Å². The quantitative estimate of drug-likeness (QED) is 0.309. The van der Waals surface area contributed by atoms with Crippen molar-refractivity contribution in [2.75, 3.05) is 12.0 Å². The minimum absolute atomic E-state index is 0.194. The molecule has 0 N–H and O–H groups in total. The Labute approximate surface area is 110 Å². The van der Waals surface area contributed by atoms with E-state index in [0.29, 0.717) is 0 Å². The average Bonchev–Trinajstić information content (AvgIpc) is 1.70. The molecule has 0 saturated heterocycles. The van der Waals surface area contributed by atoms with E-state index in [2.05, 4.69) is 77.0 Å². The van der Waals surface area contributed by atoms with Gasteiger partial charge in [-0.25, -0.2) is 0 Å². The second-order valence-corrected chi connectivity index (χ2v) is 8.18. The zero-order valence-corrected chi connectivity index (χ0v) is 13.4. The van der Waals surface area contributed by atoms with Crippen LogP contribution in [-0.4, -0.2) is 12.0 Å². The molecule has 60 valence electrons. The topological polar surface area (TPSA) is 0 Å². The monoisotopic (exact) mass is 524 g/mol. The maximum atomic E-state index is 4.76. The Morgan fingerprint density at radius 1 is 1.11 bits per heavy atom.